The predicted octanol–water partition coefficient (Wildman–Crippen LogP) is 1.82. The molecule has 2 aliphatic heterocycles. The van der Waals surface area contributed by atoms with E-state index in [0.29, 0.717) is 13.1 Å². The first kappa shape index (κ1) is 20.3. The van der Waals surface area contributed by atoms with Gasteiger partial charge in [0.05, 0.1) is 0 Å². The Hall–Kier alpha value is -3.00. The van der Waals surface area contributed by atoms with E-state index < -0.39 is 0 Å². The first-order valence-electron chi connectivity index (χ1n) is 10.5. The average molecular weight is 411 g/mol. The molecule has 8 nitrogen and oxygen atoms in total. The molecule has 0 spiro atoms. The molecule has 160 valence electrons. The summed E-state index contributed by atoms with van der Waals surface area (Å²) in [6, 6.07) is 10.2. The lowest BCUT2D eigenvalue weighted by atomic mass is 10.2. The van der Waals surface area contributed by atoms with Crippen molar-refractivity contribution in [2.24, 2.45) is 4.99 Å². The van der Waals surface area contributed by atoms with Gasteiger partial charge in [-0.1, -0.05) is 19.1 Å². The molecule has 2 aliphatic rings. The molecule has 0 aliphatic carbocycles. The van der Waals surface area contributed by atoms with Crippen LogP contribution in [0.1, 0.15) is 18.1 Å². The molecule has 2 aromatic rings. The molecule has 0 atom stereocenters. The van der Waals surface area contributed by atoms with Crippen molar-refractivity contribution in [1.29, 1.82) is 0 Å². The minimum absolute atomic E-state index is 0.289. The van der Waals surface area contributed by atoms with Gasteiger partial charge < -0.3 is 29.9 Å². The largest absolute Gasteiger partial charge is 0.454 e. The van der Waals surface area contributed by atoms with Gasteiger partial charge in [-0.3, -0.25) is 4.99 Å². The van der Waals surface area contributed by atoms with Crippen LogP contribution in [0, 0.1) is 0 Å². The number of anilines is 1. The third kappa shape index (κ3) is 4.94. The molecule has 30 heavy (non-hydrogen) atoms. The van der Waals surface area contributed by atoms with Crippen LogP contribution in [0.4, 0.5) is 5.82 Å². The summed E-state index contributed by atoms with van der Waals surface area (Å²) in [4.78, 5) is 13.8. The van der Waals surface area contributed by atoms with Crippen molar-refractivity contribution in [2.45, 2.75) is 20.0 Å². The van der Waals surface area contributed by atoms with Gasteiger partial charge in [0.25, 0.3) is 0 Å². The van der Waals surface area contributed by atoms with Crippen molar-refractivity contribution >= 4 is 11.8 Å². The Morgan fingerprint density at radius 3 is 2.43 bits per heavy atom. The maximum atomic E-state index is 5.43. The fraction of sp³-hybridized carbons (Fsp3) is 0.455. The number of hydrogen-bond donors (Lipinski definition) is 2. The first-order chi connectivity index (χ1) is 14.7. The highest BCUT2D eigenvalue weighted by atomic mass is 16.7. The number of piperazine rings is 1. The van der Waals surface area contributed by atoms with Crippen molar-refractivity contribution < 1.29 is 9.47 Å². The quantitative estimate of drug-likeness (QED) is 0.556. The molecule has 0 amide bonds. The number of hydrogen-bond acceptors (Lipinski definition) is 6. The third-order valence-corrected chi connectivity index (χ3v) is 5.53. The number of aliphatic imine (C=N–C) groups is 1. The zero-order valence-electron chi connectivity index (χ0n) is 17.7. The number of pyridine rings is 1. The van der Waals surface area contributed by atoms with E-state index in [2.05, 4.69) is 49.5 Å². The Morgan fingerprint density at radius 2 is 1.73 bits per heavy atom. The number of fused-ring (bicyclic) bond motifs is 1. The van der Waals surface area contributed by atoms with Gasteiger partial charge in [0.15, 0.2) is 17.5 Å². The molecule has 0 bridgehead atoms. The molecule has 1 saturated heterocycles. The van der Waals surface area contributed by atoms with Crippen LogP contribution in [-0.2, 0) is 13.1 Å². The van der Waals surface area contributed by atoms with Gasteiger partial charge in [-0.05, 0) is 35.9 Å². The molecule has 0 saturated carbocycles. The number of guanidine groups is 1. The van der Waals surface area contributed by atoms with Crippen LogP contribution >= 0.6 is 0 Å². The Bertz CT molecular complexity index is 862. The van der Waals surface area contributed by atoms with E-state index in [0.717, 1.165) is 67.1 Å². The molecular weight excluding hydrogens is 380 g/mol. The van der Waals surface area contributed by atoms with E-state index in [1.54, 1.807) is 7.05 Å². The van der Waals surface area contributed by atoms with Gasteiger partial charge in [0.2, 0.25) is 6.79 Å². The number of nitrogens with one attached hydrogen (secondary N) is 2. The van der Waals surface area contributed by atoms with Crippen LogP contribution in [0.2, 0.25) is 0 Å². The van der Waals surface area contributed by atoms with Crippen LogP contribution in [-0.4, -0.2) is 62.4 Å². The zero-order chi connectivity index (χ0) is 20.8. The molecule has 8 heteroatoms. The van der Waals surface area contributed by atoms with Gasteiger partial charge in [0.1, 0.15) is 5.82 Å². The lowest BCUT2D eigenvalue weighted by molar-refractivity contribution is 0.174. The second kappa shape index (κ2) is 9.67. The Balaban J connectivity index is 1.25. The molecule has 1 fully saturated rings. The minimum Gasteiger partial charge on any atom is -0.454 e. The molecule has 0 unspecified atom stereocenters. The fourth-order valence-corrected chi connectivity index (χ4v) is 3.64. The highest BCUT2D eigenvalue weighted by Crippen LogP contribution is 2.32. The topological polar surface area (TPSA) is 74.2 Å². The van der Waals surface area contributed by atoms with E-state index in [-0.39, 0.29) is 6.79 Å². The summed E-state index contributed by atoms with van der Waals surface area (Å²) in [6.07, 6.45) is 1.94. The van der Waals surface area contributed by atoms with E-state index in [9.17, 15) is 0 Å². The van der Waals surface area contributed by atoms with E-state index in [1.807, 2.05) is 24.4 Å². The Morgan fingerprint density at radius 1 is 1.00 bits per heavy atom. The van der Waals surface area contributed by atoms with Gasteiger partial charge in [-0.25, -0.2) is 4.98 Å². The number of likely N-dealkylation sites (N-methyl/N-ethyl adjacent to an activating group) is 1. The minimum atomic E-state index is 0.289. The normalized spacial score (nSPS) is 16.6. The summed E-state index contributed by atoms with van der Waals surface area (Å²) in [6.45, 7) is 9.22. The zero-order valence-corrected chi connectivity index (χ0v) is 17.7. The van der Waals surface area contributed by atoms with Crippen LogP contribution in [0.25, 0.3) is 0 Å². The number of benzene rings is 1. The van der Waals surface area contributed by atoms with Crippen LogP contribution in [0.5, 0.6) is 11.5 Å². The van der Waals surface area contributed by atoms with E-state index in [1.165, 1.54) is 0 Å². The van der Waals surface area contributed by atoms with Crippen LogP contribution < -0.4 is 25.0 Å². The fourth-order valence-electron chi connectivity index (χ4n) is 3.64. The molecule has 1 aromatic carbocycles. The number of ether oxygens (including phenoxy) is 2. The Labute approximate surface area is 177 Å². The predicted molar refractivity (Wildman–Crippen MR) is 118 cm³/mol. The maximum Gasteiger partial charge on any atom is 0.231 e. The van der Waals surface area contributed by atoms with Crippen LogP contribution in [0.3, 0.4) is 0 Å². The van der Waals surface area contributed by atoms with Gasteiger partial charge in [0, 0.05) is 52.5 Å². The van der Waals surface area contributed by atoms with Gasteiger partial charge in [-0.2, -0.15) is 0 Å². The van der Waals surface area contributed by atoms with Crippen molar-refractivity contribution in [3.05, 3.63) is 47.7 Å². The molecule has 1 aromatic heterocycles. The molecule has 2 N–H and O–H groups in total. The van der Waals surface area contributed by atoms with Gasteiger partial charge in [-0.15, -0.1) is 0 Å². The van der Waals surface area contributed by atoms with E-state index in [4.69, 9.17) is 9.47 Å². The summed E-state index contributed by atoms with van der Waals surface area (Å²) < 4.78 is 10.8. The highest BCUT2D eigenvalue weighted by molar-refractivity contribution is 5.79. The molecule has 0 radical (unpaired) electrons. The van der Waals surface area contributed by atoms with E-state index >= 15 is 0 Å². The number of aromatic nitrogens is 1. The standard InChI is InChI=1S/C22H30N6O2/c1-3-27-8-10-28(11-9-27)21-7-5-18(14-24-21)15-26-22(23-2)25-13-17-4-6-19-20(12-17)30-16-29-19/h4-7,12,14H,3,8-11,13,15-16H2,1-2H3,(H2,23,25,26). The summed E-state index contributed by atoms with van der Waals surface area (Å²) in [5, 5.41) is 6.67. The van der Waals surface area contributed by atoms with Crippen molar-refractivity contribution in [3.8, 4) is 11.5 Å². The summed E-state index contributed by atoms with van der Waals surface area (Å²) in [7, 11) is 1.77. The highest BCUT2D eigenvalue weighted by Gasteiger charge is 2.16. The first-order valence-corrected chi connectivity index (χ1v) is 10.5. The van der Waals surface area contributed by atoms with Crippen LogP contribution in [0.15, 0.2) is 41.5 Å². The SMILES string of the molecule is CCN1CCN(c2ccc(CNC(=NC)NCc3ccc4c(c3)OCO4)cn2)CC1. The second-order valence-corrected chi connectivity index (χ2v) is 7.41. The second-order valence-electron chi connectivity index (χ2n) is 7.41. The lowest BCUT2D eigenvalue weighted by Gasteiger charge is -2.34. The molecule has 3 heterocycles. The summed E-state index contributed by atoms with van der Waals surface area (Å²) in [5.74, 6) is 3.39. The molecule has 4 rings (SSSR count). The lowest BCUT2D eigenvalue weighted by Crippen LogP contribution is -2.46. The number of rotatable bonds is 6. The average Bonchev–Trinajstić information content (AvgIpc) is 3.27. The van der Waals surface area contributed by atoms with Gasteiger partial charge >= 0.3 is 0 Å². The summed E-state index contributed by atoms with van der Waals surface area (Å²) in [5.41, 5.74) is 2.23. The van der Waals surface area contributed by atoms with Crippen molar-refractivity contribution in [3.63, 3.8) is 0 Å². The van der Waals surface area contributed by atoms with Crippen molar-refractivity contribution in [2.75, 3.05) is 51.5 Å². The Kier molecular flexibility index (Phi) is 6.53. The van der Waals surface area contributed by atoms with Crippen molar-refractivity contribution in [1.82, 2.24) is 20.5 Å². The molecular formula is C22H30N6O2. The number of nitrogens with zero attached hydrogens (tertiary/aromatic N) is 4. The monoisotopic (exact) mass is 410 g/mol. The maximum absolute atomic E-state index is 5.43. The smallest absolute Gasteiger partial charge is 0.231 e. The summed E-state index contributed by atoms with van der Waals surface area (Å²) >= 11 is 0. The third-order valence-electron chi connectivity index (χ3n) is 5.53.